The van der Waals surface area contributed by atoms with Crippen molar-refractivity contribution in [1.29, 1.82) is 0 Å². The van der Waals surface area contributed by atoms with Gasteiger partial charge in [0.2, 0.25) is 0 Å². The van der Waals surface area contributed by atoms with E-state index in [1.165, 1.54) is 30.5 Å². The second-order valence-corrected chi connectivity index (χ2v) is 8.10. The Kier molecular flexibility index (Phi) is 5.00. The summed E-state index contributed by atoms with van der Waals surface area (Å²) in [5.74, 6) is 0.0536. The summed E-state index contributed by atoms with van der Waals surface area (Å²) in [7, 11) is 0. The van der Waals surface area contributed by atoms with Crippen LogP contribution in [0.3, 0.4) is 0 Å². The molecule has 0 N–H and O–H groups in total. The number of aromatic nitrogens is 3. The Morgan fingerprint density at radius 3 is 2.59 bits per heavy atom. The number of carbonyl (C=O) groups is 1. The van der Waals surface area contributed by atoms with E-state index in [1.54, 1.807) is 6.20 Å². The number of pyridine rings is 1. The van der Waals surface area contributed by atoms with Crippen molar-refractivity contribution in [2.75, 3.05) is 13.1 Å². The summed E-state index contributed by atoms with van der Waals surface area (Å²) in [5, 5.41) is 4.93. The topological polar surface area (TPSA) is 54.3 Å². The van der Waals surface area contributed by atoms with Crippen molar-refractivity contribution in [2.45, 2.75) is 65.7 Å². The van der Waals surface area contributed by atoms with E-state index in [-0.39, 0.29) is 5.91 Å². The van der Waals surface area contributed by atoms with E-state index in [0.29, 0.717) is 24.7 Å². The minimum absolute atomic E-state index is 0.0536. The van der Waals surface area contributed by atoms with Gasteiger partial charge in [0, 0.05) is 30.0 Å². The third-order valence-corrected chi connectivity index (χ3v) is 5.65. The number of piperidine rings is 1. The molecule has 0 spiro atoms. The molecule has 0 saturated carbocycles. The molecule has 0 aromatic carbocycles. The number of aryl methyl sites for hydroxylation is 1. The molecule has 0 aliphatic carbocycles. The van der Waals surface area contributed by atoms with Crippen LogP contribution in [0.2, 0.25) is 0 Å². The van der Waals surface area contributed by atoms with E-state index in [0.717, 1.165) is 31.0 Å². The van der Waals surface area contributed by atoms with Crippen molar-refractivity contribution in [3.63, 3.8) is 0 Å². The Morgan fingerprint density at radius 1 is 1.15 bits per heavy atom. The quantitative estimate of drug-likeness (QED) is 0.832. The van der Waals surface area contributed by atoms with Crippen LogP contribution in [0.15, 0.2) is 18.3 Å². The number of rotatable bonds is 4. The third kappa shape index (κ3) is 3.63. The Balaban J connectivity index is 1.56. The molecule has 4 heterocycles. The molecule has 0 unspecified atom stereocenters. The number of carbonyl (C=O) groups excluding carboxylic acids is 1. The maximum atomic E-state index is 13.0. The summed E-state index contributed by atoms with van der Waals surface area (Å²) in [6.07, 6.45) is 5.57. The van der Waals surface area contributed by atoms with Gasteiger partial charge in [-0.2, -0.15) is 5.10 Å². The highest BCUT2D eigenvalue weighted by atomic mass is 16.2. The maximum absolute atomic E-state index is 13.0. The molecular weight excluding hydrogens is 338 g/mol. The van der Waals surface area contributed by atoms with Crippen LogP contribution < -0.4 is 0 Å². The highest BCUT2D eigenvalue weighted by Gasteiger charge is 2.32. The van der Waals surface area contributed by atoms with Crippen LogP contribution in [-0.4, -0.2) is 43.6 Å². The van der Waals surface area contributed by atoms with Crippen molar-refractivity contribution >= 4 is 5.91 Å². The number of nitrogens with zero attached hydrogens (tertiary/aromatic N) is 5. The minimum atomic E-state index is 0.0536. The molecule has 27 heavy (non-hydrogen) atoms. The highest BCUT2D eigenvalue weighted by Crippen LogP contribution is 2.30. The Hall–Kier alpha value is -2.21. The fourth-order valence-electron chi connectivity index (χ4n) is 4.14. The fourth-order valence-corrected chi connectivity index (χ4v) is 4.14. The van der Waals surface area contributed by atoms with Gasteiger partial charge in [0.25, 0.3) is 5.91 Å². The fraction of sp³-hybridized carbons (Fsp3) is 0.571. The number of likely N-dealkylation sites (tertiary alicyclic amines) is 1. The van der Waals surface area contributed by atoms with Gasteiger partial charge in [-0.05, 0) is 58.8 Å². The van der Waals surface area contributed by atoms with Gasteiger partial charge >= 0.3 is 0 Å². The van der Waals surface area contributed by atoms with Crippen LogP contribution in [0.1, 0.15) is 72.2 Å². The first kappa shape index (κ1) is 18.2. The lowest BCUT2D eigenvalue weighted by Gasteiger charge is -2.26. The largest absolute Gasteiger partial charge is 0.328 e. The van der Waals surface area contributed by atoms with Gasteiger partial charge in [-0.3, -0.25) is 19.4 Å². The second kappa shape index (κ2) is 7.43. The van der Waals surface area contributed by atoms with Crippen LogP contribution in [0.5, 0.6) is 0 Å². The molecular formula is C21H29N5O. The molecule has 1 fully saturated rings. The monoisotopic (exact) mass is 367 g/mol. The van der Waals surface area contributed by atoms with Gasteiger partial charge in [0.05, 0.1) is 30.0 Å². The van der Waals surface area contributed by atoms with E-state index in [4.69, 9.17) is 5.10 Å². The van der Waals surface area contributed by atoms with Gasteiger partial charge in [-0.1, -0.05) is 6.42 Å². The Labute approximate surface area is 161 Å². The molecule has 2 aromatic heterocycles. The van der Waals surface area contributed by atoms with Crippen molar-refractivity contribution in [1.82, 2.24) is 24.6 Å². The average Bonchev–Trinajstić information content (AvgIpc) is 3.23. The van der Waals surface area contributed by atoms with Gasteiger partial charge in [-0.25, -0.2) is 0 Å². The zero-order valence-electron chi connectivity index (χ0n) is 16.6. The number of hydrogen-bond acceptors (Lipinski definition) is 4. The molecule has 1 saturated heterocycles. The van der Waals surface area contributed by atoms with E-state index in [2.05, 4.69) is 28.4 Å². The van der Waals surface area contributed by atoms with Crippen molar-refractivity contribution in [3.05, 3.63) is 46.5 Å². The highest BCUT2D eigenvalue weighted by molar-refractivity contribution is 5.94. The van der Waals surface area contributed by atoms with E-state index in [9.17, 15) is 4.79 Å². The van der Waals surface area contributed by atoms with E-state index < -0.39 is 0 Å². The lowest BCUT2D eigenvalue weighted by molar-refractivity contribution is 0.0746. The summed E-state index contributed by atoms with van der Waals surface area (Å²) in [4.78, 5) is 21.7. The summed E-state index contributed by atoms with van der Waals surface area (Å²) < 4.78 is 2.12. The Morgan fingerprint density at radius 2 is 1.93 bits per heavy atom. The molecule has 0 bridgehead atoms. The Bertz CT molecular complexity index is 818. The van der Waals surface area contributed by atoms with E-state index in [1.807, 2.05) is 24.0 Å². The lowest BCUT2D eigenvalue weighted by Crippen LogP contribution is -2.30. The lowest BCUT2D eigenvalue weighted by atomic mass is 10.1. The summed E-state index contributed by atoms with van der Waals surface area (Å²) in [5.41, 5.74) is 5.19. The number of amides is 1. The molecule has 6 nitrogen and oxygen atoms in total. The van der Waals surface area contributed by atoms with Gasteiger partial charge < -0.3 is 4.90 Å². The number of fused-ring (bicyclic) bond motifs is 1. The smallest absolute Gasteiger partial charge is 0.256 e. The maximum Gasteiger partial charge on any atom is 0.256 e. The zero-order valence-corrected chi connectivity index (χ0v) is 16.6. The molecule has 144 valence electrons. The van der Waals surface area contributed by atoms with Crippen molar-refractivity contribution in [2.24, 2.45) is 0 Å². The van der Waals surface area contributed by atoms with Crippen LogP contribution in [0.25, 0.3) is 0 Å². The van der Waals surface area contributed by atoms with Crippen molar-refractivity contribution in [3.8, 4) is 0 Å². The first-order valence-corrected chi connectivity index (χ1v) is 10.1. The molecule has 2 aliphatic heterocycles. The normalized spacial score (nSPS) is 17.6. The SMILES string of the molecule is Cc1ccc(C(=O)N2Cc3c(CN4CCCCC4)nn(C(C)C)c3C2)cn1. The second-order valence-electron chi connectivity index (χ2n) is 8.10. The first-order valence-electron chi connectivity index (χ1n) is 10.1. The molecule has 1 amide bonds. The average molecular weight is 367 g/mol. The molecule has 2 aromatic rings. The zero-order chi connectivity index (χ0) is 19.0. The van der Waals surface area contributed by atoms with Gasteiger partial charge in [-0.15, -0.1) is 0 Å². The first-order chi connectivity index (χ1) is 13.0. The van der Waals surface area contributed by atoms with Crippen LogP contribution in [-0.2, 0) is 19.6 Å². The van der Waals surface area contributed by atoms with Crippen LogP contribution in [0.4, 0.5) is 0 Å². The van der Waals surface area contributed by atoms with Gasteiger partial charge in [0.1, 0.15) is 0 Å². The van der Waals surface area contributed by atoms with Crippen molar-refractivity contribution < 1.29 is 4.79 Å². The third-order valence-electron chi connectivity index (χ3n) is 5.65. The summed E-state index contributed by atoms with van der Waals surface area (Å²) in [6, 6.07) is 4.07. The van der Waals surface area contributed by atoms with Crippen LogP contribution in [0, 0.1) is 6.92 Å². The molecule has 6 heteroatoms. The molecule has 2 aliphatic rings. The molecule has 0 atom stereocenters. The number of hydrogen-bond donors (Lipinski definition) is 0. The minimum Gasteiger partial charge on any atom is -0.328 e. The summed E-state index contributed by atoms with van der Waals surface area (Å²) >= 11 is 0. The van der Waals surface area contributed by atoms with Crippen LogP contribution >= 0.6 is 0 Å². The molecule has 4 rings (SSSR count). The predicted octanol–water partition coefficient (Wildman–Crippen LogP) is 3.31. The van der Waals surface area contributed by atoms with E-state index >= 15 is 0 Å². The summed E-state index contributed by atoms with van der Waals surface area (Å²) in [6.45, 7) is 10.7. The predicted molar refractivity (Wildman–Crippen MR) is 104 cm³/mol. The standard InChI is InChI=1S/C21H29N5O/c1-15(2)26-20-14-25(21(27)17-8-7-16(3)22-11-17)12-18(20)19(23-26)13-24-9-5-4-6-10-24/h7-8,11,15H,4-6,9-10,12-14H2,1-3H3. The van der Waals surface area contributed by atoms with Gasteiger partial charge in [0.15, 0.2) is 0 Å². The molecule has 0 radical (unpaired) electrons.